The van der Waals surface area contributed by atoms with Gasteiger partial charge in [-0.3, -0.25) is 15.1 Å². The van der Waals surface area contributed by atoms with Crippen LogP contribution in [0.2, 0.25) is 0 Å². The third-order valence-electron chi connectivity index (χ3n) is 1.96. The number of hydrogen-bond acceptors (Lipinski definition) is 4. The lowest BCUT2D eigenvalue weighted by atomic mass is 10.1. The zero-order valence-electron chi connectivity index (χ0n) is 8.81. The van der Waals surface area contributed by atoms with Gasteiger partial charge < -0.3 is 9.84 Å². The monoisotopic (exact) mass is 288 g/mol. The lowest BCUT2D eigenvalue weighted by Gasteiger charge is -2.14. The van der Waals surface area contributed by atoms with Crippen molar-refractivity contribution in [2.75, 3.05) is 20.3 Å². The molecule has 0 aromatic carbocycles. The van der Waals surface area contributed by atoms with Gasteiger partial charge in [0.05, 0.1) is 6.61 Å². The SMILES string of the molecule is COCCNC(C(=O)O)c1cncc(Br)c1. The first kappa shape index (κ1) is 13.1. The van der Waals surface area contributed by atoms with E-state index in [9.17, 15) is 4.79 Å². The van der Waals surface area contributed by atoms with Gasteiger partial charge in [-0.25, -0.2) is 0 Å². The smallest absolute Gasteiger partial charge is 0.325 e. The van der Waals surface area contributed by atoms with Crippen molar-refractivity contribution >= 4 is 21.9 Å². The van der Waals surface area contributed by atoms with Crippen molar-refractivity contribution in [3.8, 4) is 0 Å². The fourth-order valence-corrected chi connectivity index (χ4v) is 1.62. The van der Waals surface area contributed by atoms with E-state index in [0.717, 1.165) is 4.47 Å². The van der Waals surface area contributed by atoms with Gasteiger partial charge in [-0.2, -0.15) is 0 Å². The highest BCUT2D eigenvalue weighted by atomic mass is 79.9. The number of methoxy groups -OCH3 is 1. The van der Waals surface area contributed by atoms with Crippen LogP contribution < -0.4 is 5.32 Å². The van der Waals surface area contributed by atoms with E-state index >= 15 is 0 Å². The normalized spacial score (nSPS) is 12.4. The van der Waals surface area contributed by atoms with Crippen LogP contribution >= 0.6 is 15.9 Å². The topological polar surface area (TPSA) is 71.5 Å². The number of hydrogen-bond donors (Lipinski definition) is 2. The second-order valence-electron chi connectivity index (χ2n) is 3.15. The fourth-order valence-electron chi connectivity index (χ4n) is 1.24. The van der Waals surface area contributed by atoms with Crippen LogP contribution in [0.1, 0.15) is 11.6 Å². The van der Waals surface area contributed by atoms with Gasteiger partial charge in [0, 0.05) is 30.5 Å². The van der Waals surface area contributed by atoms with E-state index in [1.165, 1.54) is 6.20 Å². The Kier molecular flexibility index (Phi) is 5.37. The van der Waals surface area contributed by atoms with Crippen LogP contribution in [0, 0.1) is 0 Å². The molecule has 1 atom stereocenters. The molecule has 1 heterocycles. The molecule has 0 aliphatic rings. The van der Waals surface area contributed by atoms with Gasteiger partial charge in [-0.05, 0) is 27.6 Å². The molecular formula is C10H13BrN2O3. The Morgan fingerprint density at radius 2 is 2.44 bits per heavy atom. The molecule has 0 saturated carbocycles. The predicted octanol–water partition coefficient (Wildman–Crippen LogP) is 1.21. The Balaban J connectivity index is 2.73. The summed E-state index contributed by atoms with van der Waals surface area (Å²) in [6.45, 7) is 0.936. The summed E-state index contributed by atoms with van der Waals surface area (Å²) in [7, 11) is 1.57. The molecule has 2 N–H and O–H groups in total. The van der Waals surface area contributed by atoms with Crippen LogP contribution in [-0.2, 0) is 9.53 Å². The van der Waals surface area contributed by atoms with Gasteiger partial charge in [-0.15, -0.1) is 0 Å². The molecular weight excluding hydrogens is 276 g/mol. The fraction of sp³-hybridized carbons (Fsp3) is 0.400. The largest absolute Gasteiger partial charge is 0.480 e. The number of carboxylic acids is 1. The summed E-state index contributed by atoms with van der Waals surface area (Å²) < 4.78 is 5.61. The van der Waals surface area contributed by atoms with Crippen LogP contribution in [0.4, 0.5) is 0 Å². The highest BCUT2D eigenvalue weighted by Crippen LogP contribution is 2.16. The molecule has 0 fully saturated rings. The Hall–Kier alpha value is -0.980. The Morgan fingerprint density at radius 1 is 1.69 bits per heavy atom. The first-order chi connectivity index (χ1) is 7.65. The first-order valence-corrected chi connectivity index (χ1v) is 5.50. The number of rotatable bonds is 6. The standard InChI is InChI=1S/C10H13BrN2O3/c1-16-3-2-13-9(10(14)15)7-4-8(11)6-12-5-7/h4-6,9,13H,2-3H2,1H3,(H,14,15). The Bertz CT molecular complexity index is 360. The van der Waals surface area contributed by atoms with Gasteiger partial charge in [0.15, 0.2) is 0 Å². The van der Waals surface area contributed by atoms with Gasteiger partial charge in [0.2, 0.25) is 0 Å². The van der Waals surface area contributed by atoms with Gasteiger partial charge in [-0.1, -0.05) is 0 Å². The second-order valence-corrected chi connectivity index (χ2v) is 4.07. The van der Waals surface area contributed by atoms with E-state index in [1.54, 1.807) is 19.4 Å². The summed E-state index contributed by atoms with van der Waals surface area (Å²) in [6, 6.07) is 0.964. The summed E-state index contributed by atoms with van der Waals surface area (Å²) in [6.07, 6.45) is 3.14. The molecule has 1 aromatic heterocycles. The molecule has 88 valence electrons. The van der Waals surface area contributed by atoms with Crippen molar-refractivity contribution in [3.05, 3.63) is 28.5 Å². The molecule has 0 radical (unpaired) electrons. The van der Waals surface area contributed by atoms with Gasteiger partial charge in [0.1, 0.15) is 6.04 Å². The summed E-state index contributed by atoms with van der Waals surface area (Å²) in [4.78, 5) is 15.0. The van der Waals surface area contributed by atoms with Crippen LogP contribution in [0.3, 0.4) is 0 Å². The maximum Gasteiger partial charge on any atom is 0.325 e. The van der Waals surface area contributed by atoms with Crippen molar-refractivity contribution in [2.45, 2.75) is 6.04 Å². The van der Waals surface area contributed by atoms with Gasteiger partial charge >= 0.3 is 5.97 Å². The zero-order valence-corrected chi connectivity index (χ0v) is 10.4. The van der Waals surface area contributed by atoms with Gasteiger partial charge in [0.25, 0.3) is 0 Å². The summed E-state index contributed by atoms with van der Waals surface area (Å²) in [5, 5.41) is 11.9. The molecule has 1 rings (SSSR count). The molecule has 0 spiro atoms. The number of halogens is 1. The van der Waals surface area contributed by atoms with E-state index in [-0.39, 0.29) is 0 Å². The maximum atomic E-state index is 11.1. The average molecular weight is 289 g/mol. The van der Waals surface area contributed by atoms with E-state index in [0.29, 0.717) is 18.7 Å². The van der Waals surface area contributed by atoms with Crippen LogP contribution in [-0.4, -0.2) is 36.3 Å². The molecule has 5 nitrogen and oxygen atoms in total. The maximum absolute atomic E-state index is 11.1. The van der Waals surface area contributed by atoms with Crippen LogP contribution in [0.15, 0.2) is 22.9 Å². The molecule has 6 heteroatoms. The second kappa shape index (κ2) is 6.57. The lowest BCUT2D eigenvalue weighted by molar-refractivity contribution is -0.139. The third-order valence-corrected chi connectivity index (χ3v) is 2.39. The molecule has 0 amide bonds. The van der Waals surface area contributed by atoms with E-state index in [2.05, 4.69) is 26.2 Å². The summed E-state index contributed by atoms with van der Waals surface area (Å²) >= 11 is 3.25. The molecule has 0 aliphatic carbocycles. The quantitative estimate of drug-likeness (QED) is 0.770. The minimum atomic E-state index is -0.934. The Morgan fingerprint density at radius 3 is 3.00 bits per heavy atom. The molecule has 1 unspecified atom stereocenters. The minimum Gasteiger partial charge on any atom is -0.480 e. The number of carbonyl (C=O) groups is 1. The number of nitrogens with one attached hydrogen (secondary N) is 1. The number of carboxylic acid groups (broad SMARTS) is 1. The number of aromatic nitrogens is 1. The summed E-state index contributed by atoms with van der Waals surface area (Å²) in [5.74, 6) is -0.934. The molecule has 0 bridgehead atoms. The highest BCUT2D eigenvalue weighted by Gasteiger charge is 2.19. The number of aliphatic carboxylic acids is 1. The van der Waals surface area contributed by atoms with Crippen molar-refractivity contribution < 1.29 is 14.6 Å². The van der Waals surface area contributed by atoms with E-state index in [4.69, 9.17) is 9.84 Å². The van der Waals surface area contributed by atoms with Crippen LogP contribution in [0.25, 0.3) is 0 Å². The minimum absolute atomic E-state index is 0.464. The summed E-state index contributed by atoms with van der Waals surface area (Å²) in [5.41, 5.74) is 0.609. The predicted molar refractivity (Wildman–Crippen MR) is 62.2 cm³/mol. The first-order valence-electron chi connectivity index (χ1n) is 4.70. The van der Waals surface area contributed by atoms with E-state index in [1.807, 2.05) is 0 Å². The Labute approximate surface area is 102 Å². The molecule has 16 heavy (non-hydrogen) atoms. The van der Waals surface area contributed by atoms with Crippen molar-refractivity contribution in [3.63, 3.8) is 0 Å². The molecule has 0 saturated heterocycles. The number of ether oxygens (including phenoxy) is 1. The average Bonchev–Trinajstić information content (AvgIpc) is 2.24. The van der Waals surface area contributed by atoms with Crippen molar-refractivity contribution in [1.29, 1.82) is 0 Å². The zero-order chi connectivity index (χ0) is 12.0. The highest BCUT2D eigenvalue weighted by molar-refractivity contribution is 9.10. The third kappa shape index (κ3) is 3.88. The number of pyridine rings is 1. The van der Waals surface area contributed by atoms with E-state index < -0.39 is 12.0 Å². The van der Waals surface area contributed by atoms with Crippen LogP contribution in [0.5, 0.6) is 0 Å². The number of nitrogens with zero attached hydrogens (tertiary/aromatic N) is 1. The lowest BCUT2D eigenvalue weighted by Crippen LogP contribution is -2.31. The van der Waals surface area contributed by atoms with Crippen molar-refractivity contribution in [2.24, 2.45) is 0 Å². The molecule has 0 aliphatic heterocycles. The molecule has 1 aromatic rings. The van der Waals surface area contributed by atoms with Crippen molar-refractivity contribution in [1.82, 2.24) is 10.3 Å².